The molecule has 0 bridgehead atoms. The molecule has 1 N–H and O–H groups in total. The van der Waals surface area contributed by atoms with Gasteiger partial charge >= 0.3 is 0 Å². The highest BCUT2D eigenvalue weighted by molar-refractivity contribution is 7.92. The molecule has 1 fully saturated rings. The van der Waals surface area contributed by atoms with Crippen molar-refractivity contribution in [2.75, 3.05) is 36.9 Å². The summed E-state index contributed by atoms with van der Waals surface area (Å²) in [4.78, 5) is 15.3. The first kappa shape index (κ1) is 24.5. The average Bonchev–Trinajstić information content (AvgIpc) is 2.76. The van der Waals surface area contributed by atoms with E-state index in [2.05, 4.69) is 22.3 Å². The second kappa shape index (κ2) is 11.1. The van der Waals surface area contributed by atoms with E-state index in [1.54, 1.807) is 31.2 Å². The molecule has 1 heterocycles. The van der Waals surface area contributed by atoms with E-state index in [-0.39, 0.29) is 5.91 Å². The maximum absolute atomic E-state index is 13.0. The molecule has 1 aliphatic heterocycles. The predicted octanol–water partition coefficient (Wildman–Crippen LogP) is 3.03. The van der Waals surface area contributed by atoms with E-state index >= 15 is 0 Å². The van der Waals surface area contributed by atoms with Crippen molar-refractivity contribution in [3.63, 3.8) is 0 Å². The number of nitrogens with zero attached hydrogens (tertiary/aromatic N) is 2. The minimum Gasteiger partial charge on any atom is -0.379 e. The zero-order valence-corrected chi connectivity index (χ0v) is 20.0. The molecule has 1 amide bonds. The Morgan fingerprint density at radius 1 is 1.16 bits per heavy atom. The molecule has 3 rings (SSSR count). The van der Waals surface area contributed by atoms with E-state index in [0.29, 0.717) is 23.7 Å². The van der Waals surface area contributed by atoms with Crippen LogP contribution >= 0.6 is 11.6 Å². The fraction of sp³-hybridized carbons (Fsp3) is 0.435. The highest BCUT2D eigenvalue weighted by Gasteiger charge is 2.31. The molecule has 2 aromatic carbocycles. The number of rotatable bonds is 9. The van der Waals surface area contributed by atoms with Gasteiger partial charge in [0, 0.05) is 31.2 Å². The molecular formula is C23H30ClN3O4S. The van der Waals surface area contributed by atoms with Crippen LogP contribution in [0.5, 0.6) is 0 Å². The SMILES string of the molecule is CC[C@H](C(=O)NCc1ccc(CN2CCOCC2)cc1)N(c1cccc(Cl)c1)S(C)(=O)=O. The molecule has 1 atom stereocenters. The number of hydrogen-bond donors (Lipinski definition) is 1. The van der Waals surface area contributed by atoms with Gasteiger partial charge in [-0.1, -0.05) is 48.9 Å². The minimum atomic E-state index is -3.69. The van der Waals surface area contributed by atoms with E-state index in [1.807, 2.05) is 12.1 Å². The first-order valence-electron chi connectivity index (χ1n) is 10.7. The number of carbonyl (C=O) groups excluding carboxylic acids is 1. The number of hydrogen-bond acceptors (Lipinski definition) is 5. The summed E-state index contributed by atoms with van der Waals surface area (Å²) < 4.78 is 31.5. The third-order valence-corrected chi connectivity index (χ3v) is 6.81. The van der Waals surface area contributed by atoms with Crippen molar-refractivity contribution in [1.82, 2.24) is 10.2 Å². The van der Waals surface area contributed by atoms with Crippen LogP contribution in [0.4, 0.5) is 5.69 Å². The maximum Gasteiger partial charge on any atom is 0.244 e. The van der Waals surface area contributed by atoms with Crippen LogP contribution in [0.3, 0.4) is 0 Å². The Morgan fingerprint density at radius 3 is 2.41 bits per heavy atom. The van der Waals surface area contributed by atoms with Crippen LogP contribution in [-0.4, -0.2) is 57.8 Å². The van der Waals surface area contributed by atoms with Gasteiger partial charge in [0.2, 0.25) is 15.9 Å². The van der Waals surface area contributed by atoms with Crippen LogP contribution in [0.2, 0.25) is 5.02 Å². The summed E-state index contributed by atoms with van der Waals surface area (Å²) in [6.45, 7) is 6.37. The molecule has 2 aromatic rings. The van der Waals surface area contributed by atoms with Crippen LogP contribution in [0.1, 0.15) is 24.5 Å². The van der Waals surface area contributed by atoms with E-state index in [1.165, 1.54) is 5.56 Å². The lowest BCUT2D eigenvalue weighted by molar-refractivity contribution is -0.122. The molecule has 9 heteroatoms. The Balaban J connectivity index is 1.65. The van der Waals surface area contributed by atoms with E-state index in [0.717, 1.165) is 49.0 Å². The number of ether oxygens (including phenoxy) is 1. The molecule has 0 radical (unpaired) electrons. The number of amides is 1. The van der Waals surface area contributed by atoms with Gasteiger partial charge in [0.05, 0.1) is 25.2 Å². The summed E-state index contributed by atoms with van der Waals surface area (Å²) in [5.74, 6) is -0.352. The summed E-state index contributed by atoms with van der Waals surface area (Å²) >= 11 is 6.05. The third-order valence-electron chi connectivity index (χ3n) is 5.39. The zero-order valence-electron chi connectivity index (χ0n) is 18.5. The van der Waals surface area contributed by atoms with E-state index in [9.17, 15) is 13.2 Å². The lowest BCUT2D eigenvalue weighted by Gasteiger charge is -2.30. The first-order chi connectivity index (χ1) is 15.3. The standard InChI is InChI=1S/C23H30ClN3O4S/c1-3-22(27(32(2,29)30)21-6-4-5-20(24)15-21)23(28)25-16-18-7-9-19(10-8-18)17-26-11-13-31-14-12-26/h4-10,15,22H,3,11-14,16-17H2,1-2H3,(H,25,28)/t22-/m1/s1. The summed E-state index contributed by atoms with van der Waals surface area (Å²) in [5, 5.41) is 3.29. The summed E-state index contributed by atoms with van der Waals surface area (Å²) in [5.41, 5.74) is 2.53. The Hall–Kier alpha value is -2.13. The fourth-order valence-corrected chi connectivity index (χ4v) is 5.15. The molecule has 0 spiro atoms. The van der Waals surface area contributed by atoms with E-state index < -0.39 is 16.1 Å². The average molecular weight is 480 g/mol. The smallest absolute Gasteiger partial charge is 0.244 e. The predicted molar refractivity (Wildman–Crippen MR) is 127 cm³/mol. The van der Waals surface area contributed by atoms with Crippen LogP contribution in [-0.2, 0) is 32.6 Å². The lowest BCUT2D eigenvalue weighted by atomic mass is 10.1. The van der Waals surface area contributed by atoms with Gasteiger partial charge in [0.25, 0.3) is 0 Å². The maximum atomic E-state index is 13.0. The lowest BCUT2D eigenvalue weighted by Crippen LogP contribution is -2.49. The van der Waals surface area contributed by atoms with E-state index in [4.69, 9.17) is 16.3 Å². The van der Waals surface area contributed by atoms with Gasteiger partial charge in [0.1, 0.15) is 6.04 Å². The molecule has 7 nitrogen and oxygen atoms in total. The minimum absolute atomic E-state index is 0.320. The number of sulfonamides is 1. The molecule has 1 saturated heterocycles. The molecule has 174 valence electrons. The number of halogens is 1. The summed E-state index contributed by atoms with van der Waals surface area (Å²) in [7, 11) is -3.69. The second-order valence-corrected chi connectivity index (χ2v) is 10.2. The number of morpholine rings is 1. The molecule has 0 aromatic heterocycles. The third kappa shape index (κ3) is 6.68. The van der Waals surface area contributed by atoms with Crippen molar-refractivity contribution in [1.29, 1.82) is 0 Å². The highest BCUT2D eigenvalue weighted by Crippen LogP contribution is 2.25. The topological polar surface area (TPSA) is 79.0 Å². The fourth-order valence-electron chi connectivity index (χ4n) is 3.76. The Bertz CT molecular complexity index is 1010. The number of anilines is 1. The van der Waals surface area contributed by atoms with Crippen molar-refractivity contribution in [3.05, 3.63) is 64.7 Å². The zero-order chi connectivity index (χ0) is 23.1. The first-order valence-corrected chi connectivity index (χ1v) is 12.9. The van der Waals surface area contributed by atoms with Gasteiger partial charge in [-0.25, -0.2) is 8.42 Å². The van der Waals surface area contributed by atoms with Crippen molar-refractivity contribution in [2.45, 2.75) is 32.5 Å². The van der Waals surface area contributed by atoms with Crippen molar-refractivity contribution < 1.29 is 17.9 Å². The van der Waals surface area contributed by atoms with Crippen LogP contribution in [0, 0.1) is 0 Å². The molecular weight excluding hydrogens is 450 g/mol. The van der Waals surface area contributed by atoms with Gasteiger partial charge in [0.15, 0.2) is 0 Å². The quantitative estimate of drug-likeness (QED) is 0.598. The van der Waals surface area contributed by atoms with Crippen molar-refractivity contribution in [2.24, 2.45) is 0 Å². The van der Waals surface area contributed by atoms with Crippen LogP contribution in [0.25, 0.3) is 0 Å². The van der Waals surface area contributed by atoms with Gasteiger partial charge in [-0.05, 0) is 35.7 Å². The summed E-state index contributed by atoms with van der Waals surface area (Å²) in [6, 6.07) is 13.7. The highest BCUT2D eigenvalue weighted by atomic mass is 35.5. The van der Waals surface area contributed by atoms with Crippen molar-refractivity contribution in [3.8, 4) is 0 Å². The van der Waals surface area contributed by atoms with Gasteiger partial charge in [-0.2, -0.15) is 0 Å². The van der Waals surface area contributed by atoms with Crippen molar-refractivity contribution >= 4 is 33.2 Å². The molecule has 0 unspecified atom stereocenters. The number of benzene rings is 2. The second-order valence-electron chi connectivity index (χ2n) is 7.89. The van der Waals surface area contributed by atoms with Gasteiger partial charge in [-0.15, -0.1) is 0 Å². The molecule has 0 aliphatic carbocycles. The monoisotopic (exact) mass is 479 g/mol. The summed E-state index contributed by atoms with van der Waals surface area (Å²) in [6.07, 6.45) is 1.42. The molecule has 0 saturated carbocycles. The molecule has 1 aliphatic rings. The number of nitrogens with one attached hydrogen (secondary N) is 1. The van der Waals surface area contributed by atoms with Gasteiger partial charge < -0.3 is 10.1 Å². The van der Waals surface area contributed by atoms with Gasteiger partial charge in [-0.3, -0.25) is 14.0 Å². The van der Waals surface area contributed by atoms with Crippen LogP contribution in [0.15, 0.2) is 48.5 Å². The normalized spacial score (nSPS) is 15.8. The Morgan fingerprint density at radius 2 is 1.81 bits per heavy atom. The van der Waals surface area contributed by atoms with Crippen LogP contribution < -0.4 is 9.62 Å². The Kier molecular flexibility index (Phi) is 8.53. The Labute approximate surface area is 195 Å². The number of carbonyl (C=O) groups is 1. The largest absolute Gasteiger partial charge is 0.379 e. The molecule has 32 heavy (non-hydrogen) atoms.